The number of methoxy groups -OCH3 is 1. The quantitative estimate of drug-likeness (QED) is 0.824. The van der Waals surface area contributed by atoms with Gasteiger partial charge in [-0.05, 0) is 31.5 Å². The van der Waals surface area contributed by atoms with Gasteiger partial charge in [-0.15, -0.1) is 0 Å². The van der Waals surface area contributed by atoms with E-state index in [2.05, 4.69) is 4.90 Å². The molecule has 2 aliphatic rings. The maximum Gasteiger partial charge on any atom is 0.246 e. The molecule has 0 bridgehead atoms. The molecule has 23 heavy (non-hydrogen) atoms. The lowest BCUT2D eigenvalue weighted by Crippen LogP contribution is -2.39. The van der Waals surface area contributed by atoms with E-state index in [1.807, 2.05) is 0 Å². The summed E-state index contributed by atoms with van der Waals surface area (Å²) in [7, 11) is -2.03. The van der Waals surface area contributed by atoms with Crippen LogP contribution >= 0.6 is 0 Å². The molecule has 2 saturated heterocycles. The summed E-state index contributed by atoms with van der Waals surface area (Å²) in [4.78, 5) is 2.62. The van der Waals surface area contributed by atoms with Crippen LogP contribution in [0.5, 0.6) is 5.75 Å². The molecule has 6 nitrogen and oxygen atoms in total. The highest BCUT2D eigenvalue weighted by molar-refractivity contribution is 7.89. The van der Waals surface area contributed by atoms with Crippen LogP contribution in [0.3, 0.4) is 0 Å². The molecule has 2 heterocycles. The summed E-state index contributed by atoms with van der Waals surface area (Å²) >= 11 is 0. The fourth-order valence-electron chi connectivity index (χ4n) is 3.30. The molecule has 7 heteroatoms. The maximum absolute atomic E-state index is 13.0. The minimum absolute atomic E-state index is 0.250. The van der Waals surface area contributed by atoms with Gasteiger partial charge in [0.25, 0.3) is 0 Å². The molecule has 0 spiro atoms. The van der Waals surface area contributed by atoms with Gasteiger partial charge in [0.1, 0.15) is 10.6 Å². The molecule has 1 atom stereocenters. The van der Waals surface area contributed by atoms with Crippen molar-refractivity contribution in [2.45, 2.75) is 23.8 Å². The second-order valence-corrected chi connectivity index (χ2v) is 7.87. The van der Waals surface area contributed by atoms with Crippen LogP contribution in [-0.4, -0.2) is 70.2 Å². The van der Waals surface area contributed by atoms with Crippen LogP contribution in [0.25, 0.3) is 0 Å². The molecule has 0 N–H and O–H groups in total. The van der Waals surface area contributed by atoms with E-state index in [1.165, 1.54) is 7.11 Å². The van der Waals surface area contributed by atoms with Crippen LogP contribution in [0.1, 0.15) is 12.8 Å². The molecule has 2 aliphatic heterocycles. The van der Waals surface area contributed by atoms with Gasteiger partial charge in [-0.3, -0.25) is 4.90 Å². The number of rotatable bonds is 4. The zero-order chi connectivity index (χ0) is 16.3. The van der Waals surface area contributed by atoms with E-state index in [9.17, 15) is 8.42 Å². The summed E-state index contributed by atoms with van der Waals surface area (Å²) in [5.41, 5.74) is 0. The van der Waals surface area contributed by atoms with Gasteiger partial charge in [-0.2, -0.15) is 4.31 Å². The number of benzene rings is 1. The van der Waals surface area contributed by atoms with Gasteiger partial charge in [0.05, 0.1) is 13.7 Å². The Labute approximate surface area is 138 Å². The second-order valence-electron chi connectivity index (χ2n) is 5.96. The molecule has 0 saturated carbocycles. The van der Waals surface area contributed by atoms with Gasteiger partial charge in [0, 0.05) is 32.3 Å². The van der Waals surface area contributed by atoms with E-state index in [0.29, 0.717) is 24.9 Å². The van der Waals surface area contributed by atoms with Crippen LogP contribution in [0, 0.1) is 0 Å². The molecule has 1 aromatic carbocycles. The minimum Gasteiger partial charge on any atom is -0.495 e. The Bertz CT molecular complexity index is 629. The summed E-state index contributed by atoms with van der Waals surface area (Å²) in [6.07, 6.45) is 1.88. The maximum atomic E-state index is 13.0. The molecule has 0 radical (unpaired) electrons. The van der Waals surface area contributed by atoms with Gasteiger partial charge in [-0.25, -0.2) is 8.42 Å². The number of hydrogen-bond acceptors (Lipinski definition) is 5. The monoisotopic (exact) mass is 340 g/mol. The Kier molecular flexibility index (Phi) is 5.21. The van der Waals surface area contributed by atoms with Crippen molar-refractivity contribution >= 4 is 10.0 Å². The number of sulfonamides is 1. The standard InChI is InChI=1S/C16H24N2O4S/c1-21-15-5-2-3-6-16(15)23(19,20)18-9-4-8-17(10-11-18)14-7-12-22-13-14/h2-3,5-6,14H,4,7-13H2,1H3. The Morgan fingerprint density at radius 2 is 2.00 bits per heavy atom. The predicted molar refractivity (Wildman–Crippen MR) is 87.2 cm³/mol. The van der Waals surface area contributed by atoms with E-state index in [-0.39, 0.29) is 4.90 Å². The van der Waals surface area contributed by atoms with Gasteiger partial charge < -0.3 is 9.47 Å². The lowest BCUT2D eigenvalue weighted by Gasteiger charge is -2.26. The van der Waals surface area contributed by atoms with E-state index >= 15 is 0 Å². The highest BCUT2D eigenvalue weighted by Crippen LogP contribution is 2.27. The first-order chi connectivity index (χ1) is 11.1. The fraction of sp³-hybridized carbons (Fsp3) is 0.625. The second kappa shape index (κ2) is 7.17. The summed E-state index contributed by atoms with van der Waals surface area (Å²) in [6, 6.07) is 7.25. The molecule has 3 rings (SSSR count). The van der Waals surface area contributed by atoms with E-state index in [0.717, 1.165) is 39.1 Å². The fourth-order valence-corrected chi connectivity index (χ4v) is 4.93. The van der Waals surface area contributed by atoms with Gasteiger partial charge in [-0.1, -0.05) is 12.1 Å². The normalized spacial score (nSPS) is 24.5. The van der Waals surface area contributed by atoms with Gasteiger partial charge in [0.2, 0.25) is 10.0 Å². The van der Waals surface area contributed by atoms with E-state index in [1.54, 1.807) is 28.6 Å². The largest absolute Gasteiger partial charge is 0.495 e. The lowest BCUT2D eigenvalue weighted by molar-refractivity contribution is 0.147. The summed E-state index contributed by atoms with van der Waals surface area (Å²) in [5, 5.41) is 0. The number of hydrogen-bond donors (Lipinski definition) is 0. The van der Waals surface area contributed by atoms with Crippen molar-refractivity contribution < 1.29 is 17.9 Å². The van der Waals surface area contributed by atoms with Gasteiger partial charge >= 0.3 is 0 Å². The smallest absolute Gasteiger partial charge is 0.246 e. The zero-order valence-electron chi connectivity index (χ0n) is 13.5. The molecule has 0 aliphatic carbocycles. The third-order valence-corrected chi connectivity index (χ3v) is 6.54. The van der Waals surface area contributed by atoms with Crippen LogP contribution in [0.2, 0.25) is 0 Å². The highest BCUT2D eigenvalue weighted by atomic mass is 32.2. The third-order valence-electron chi connectivity index (χ3n) is 4.60. The van der Waals surface area contributed by atoms with E-state index in [4.69, 9.17) is 9.47 Å². The molecule has 0 aromatic heterocycles. The highest BCUT2D eigenvalue weighted by Gasteiger charge is 2.31. The summed E-state index contributed by atoms with van der Waals surface area (Å²) in [5.74, 6) is 0.401. The number of para-hydroxylation sites is 1. The van der Waals surface area contributed by atoms with Crippen molar-refractivity contribution in [3.05, 3.63) is 24.3 Å². The summed E-state index contributed by atoms with van der Waals surface area (Å²) < 4.78 is 38.2. The van der Waals surface area contributed by atoms with Crippen LogP contribution < -0.4 is 4.74 Å². The van der Waals surface area contributed by atoms with Crippen molar-refractivity contribution in [3.63, 3.8) is 0 Å². The molecule has 128 valence electrons. The topological polar surface area (TPSA) is 59.1 Å². The first kappa shape index (κ1) is 16.7. The van der Waals surface area contributed by atoms with Crippen LogP contribution in [0.4, 0.5) is 0 Å². The Morgan fingerprint density at radius 3 is 2.74 bits per heavy atom. The van der Waals surface area contributed by atoms with Crippen molar-refractivity contribution in [2.75, 3.05) is 46.5 Å². The molecule has 1 aromatic rings. The molecule has 2 fully saturated rings. The van der Waals surface area contributed by atoms with Crippen molar-refractivity contribution in [1.29, 1.82) is 0 Å². The average Bonchev–Trinajstić information content (AvgIpc) is 2.98. The Hall–Kier alpha value is -1.15. The lowest BCUT2D eigenvalue weighted by atomic mass is 10.2. The molecule has 1 unspecified atom stereocenters. The SMILES string of the molecule is COc1ccccc1S(=O)(=O)N1CCCN(C2CCOC2)CC1. The molecule has 0 amide bonds. The van der Waals surface area contributed by atoms with Crippen LogP contribution in [0.15, 0.2) is 29.2 Å². The Balaban J connectivity index is 1.75. The van der Waals surface area contributed by atoms with E-state index < -0.39 is 10.0 Å². The first-order valence-electron chi connectivity index (χ1n) is 8.08. The van der Waals surface area contributed by atoms with Crippen molar-refractivity contribution in [1.82, 2.24) is 9.21 Å². The minimum atomic E-state index is -3.52. The van der Waals surface area contributed by atoms with Crippen molar-refractivity contribution in [2.24, 2.45) is 0 Å². The molecular weight excluding hydrogens is 316 g/mol. The third kappa shape index (κ3) is 3.52. The number of nitrogens with zero attached hydrogens (tertiary/aromatic N) is 2. The summed E-state index contributed by atoms with van der Waals surface area (Å²) in [6.45, 7) is 4.30. The van der Waals surface area contributed by atoms with Crippen molar-refractivity contribution in [3.8, 4) is 5.75 Å². The first-order valence-corrected chi connectivity index (χ1v) is 9.52. The predicted octanol–water partition coefficient (Wildman–Crippen LogP) is 1.18. The zero-order valence-corrected chi connectivity index (χ0v) is 14.3. The Morgan fingerprint density at radius 1 is 1.17 bits per heavy atom. The van der Waals surface area contributed by atoms with Crippen LogP contribution in [-0.2, 0) is 14.8 Å². The van der Waals surface area contributed by atoms with Gasteiger partial charge in [0.15, 0.2) is 0 Å². The average molecular weight is 340 g/mol. The number of ether oxygens (including phenoxy) is 2. The molecular formula is C16H24N2O4S.